The first kappa shape index (κ1) is 15.9. The van der Waals surface area contributed by atoms with E-state index in [-0.39, 0.29) is 17.3 Å². The van der Waals surface area contributed by atoms with Crippen molar-refractivity contribution < 1.29 is 14.5 Å². The van der Waals surface area contributed by atoms with Crippen LogP contribution >= 0.6 is 0 Å². The molecule has 1 aliphatic heterocycles. The Bertz CT molecular complexity index is 601. The largest absolute Gasteiger partial charge is 0.455 e. The molecule has 0 aromatic heterocycles. The molecule has 6 heteroatoms. The molecule has 0 N–H and O–H groups in total. The second kappa shape index (κ2) is 6.28. The van der Waals surface area contributed by atoms with Crippen molar-refractivity contribution in [2.24, 2.45) is 5.92 Å². The number of likely N-dealkylation sites (tertiary alicyclic amines) is 1. The minimum atomic E-state index is -0.470. The summed E-state index contributed by atoms with van der Waals surface area (Å²) in [5, 5.41) is 10.7. The normalized spacial score (nSPS) is 28.0. The number of rotatable bonds is 3. The summed E-state index contributed by atoms with van der Waals surface area (Å²) in [5.74, 6) is 0.0216. The fourth-order valence-corrected chi connectivity index (χ4v) is 3.86. The van der Waals surface area contributed by atoms with Crippen molar-refractivity contribution in [2.45, 2.75) is 37.7 Å². The van der Waals surface area contributed by atoms with E-state index in [4.69, 9.17) is 4.74 Å². The predicted molar refractivity (Wildman–Crippen MR) is 85.3 cm³/mol. The highest BCUT2D eigenvalue weighted by molar-refractivity contribution is 5.90. The lowest BCUT2D eigenvalue weighted by Gasteiger charge is -2.49. The standard InChI is InChI=1S/C17H22N2O4/c1-18-11-10-17(9-3-2-4-14(17)12-18)23-16(20)13-5-7-15(8-6-13)19(21)22/h5-8,14H,2-4,9-12H2,1H3/t14-,17+/m1/s1. The summed E-state index contributed by atoms with van der Waals surface area (Å²) in [5.41, 5.74) is 0.00616. The van der Waals surface area contributed by atoms with Gasteiger partial charge in [-0.3, -0.25) is 10.1 Å². The molecule has 1 aliphatic carbocycles. The van der Waals surface area contributed by atoms with Gasteiger partial charge in [0.1, 0.15) is 5.60 Å². The van der Waals surface area contributed by atoms with Crippen LogP contribution in [0.15, 0.2) is 24.3 Å². The van der Waals surface area contributed by atoms with Gasteiger partial charge in [0.25, 0.3) is 5.69 Å². The third-order valence-electron chi connectivity index (χ3n) is 5.21. The first-order valence-corrected chi connectivity index (χ1v) is 8.16. The number of piperidine rings is 1. The van der Waals surface area contributed by atoms with Gasteiger partial charge in [-0.1, -0.05) is 6.42 Å². The van der Waals surface area contributed by atoms with Gasteiger partial charge >= 0.3 is 5.97 Å². The maximum Gasteiger partial charge on any atom is 0.338 e. The first-order chi connectivity index (χ1) is 11.0. The van der Waals surface area contributed by atoms with Crippen molar-refractivity contribution in [3.05, 3.63) is 39.9 Å². The second-order valence-electron chi connectivity index (χ2n) is 6.71. The number of carbonyl (C=O) groups excluding carboxylic acids is 1. The highest BCUT2D eigenvalue weighted by Crippen LogP contribution is 2.42. The molecule has 0 amide bonds. The number of hydrogen-bond donors (Lipinski definition) is 0. The quantitative estimate of drug-likeness (QED) is 0.486. The average Bonchev–Trinajstić information content (AvgIpc) is 2.55. The van der Waals surface area contributed by atoms with Crippen LogP contribution in [0.2, 0.25) is 0 Å². The Hall–Kier alpha value is -1.95. The molecule has 0 unspecified atom stereocenters. The number of carbonyl (C=O) groups is 1. The van der Waals surface area contributed by atoms with Gasteiger partial charge in [0.05, 0.1) is 10.5 Å². The zero-order valence-electron chi connectivity index (χ0n) is 13.4. The molecule has 3 rings (SSSR count). The molecular weight excluding hydrogens is 296 g/mol. The number of benzene rings is 1. The average molecular weight is 318 g/mol. The Balaban J connectivity index is 1.76. The Morgan fingerprint density at radius 3 is 2.74 bits per heavy atom. The number of hydrogen-bond acceptors (Lipinski definition) is 5. The number of nitro benzene ring substituents is 1. The van der Waals surface area contributed by atoms with Crippen molar-refractivity contribution in [3.63, 3.8) is 0 Å². The molecule has 1 aromatic rings. The van der Waals surface area contributed by atoms with Crippen molar-refractivity contribution in [1.29, 1.82) is 0 Å². The monoisotopic (exact) mass is 318 g/mol. The topological polar surface area (TPSA) is 72.7 Å². The lowest BCUT2D eigenvalue weighted by molar-refractivity contribution is -0.384. The molecule has 2 aliphatic rings. The second-order valence-corrected chi connectivity index (χ2v) is 6.71. The number of non-ortho nitro benzene ring substituents is 1. The summed E-state index contributed by atoms with van der Waals surface area (Å²) in [6, 6.07) is 5.65. The minimum Gasteiger partial charge on any atom is -0.455 e. The maximum atomic E-state index is 12.5. The molecule has 1 heterocycles. The van der Waals surface area contributed by atoms with Crippen LogP contribution in [0.5, 0.6) is 0 Å². The van der Waals surface area contributed by atoms with Gasteiger partial charge in [-0.15, -0.1) is 0 Å². The number of ether oxygens (including phenoxy) is 1. The molecule has 124 valence electrons. The van der Waals surface area contributed by atoms with Crippen LogP contribution in [-0.2, 0) is 4.74 Å². The highest BCUT2D eigenvalue weighted by Gasteiger charge is 2.46. The van der Waals surface area contributed by atoms with Gasteiger partial charge in [-0.05, 0) is 38.4 Å². The fourth-order valence-electron chi connectivity index (χ4n) is 3.86. The summed E-state index contributed by atoms with van der Waals surface area (Å²) in [6.45, 7) is 1.90. The van der Waals surface area contributed by atoms with Gasteiger partial charge in [0.15, 0.2) is 0 Å². The Labute approximate surface area is 135 Å². The zero-order valence-corrected chi connectivity index (χ0v) is 13.4. The summed E-state index contributed by atoms with van der Waals surface area (Å²) in [6.07, 6.45) is 5.16. The van der Waals surface area contributed by atoms with E-state index in [0.29, 0.717) is 11.5 Å². The van der Waals surface area contributed by atoms with E-state index in [1.54, 1.807) is 0 Å². The van der Waals surface area contributed by atoms with Crippen molar-refractivity contribution in [2.75, 3.05) is 20.1 Å². The van der Waals surface area contributed by atoms with E-state index in [2.05, 4.69) is 11.9 Å². The third kappa shape index (κ3) is 3.22. The lowest BCUT2D eigenvalue weighted by atomic mass is 9.71. The maximum absolute atomic E-state index is 12.5. The van der Waals surface area contributed by atoms with Crippen LogP contribution in [0.1, 0.15) is 42.5 Å². The lowest BCUT2D eigenvalue weighted by Crippen LogP contribution is -2.54. The third-order valence-corrected chi connectivity index (χ3v) is 5.21. The first-order valence-electron chi connectivity index (χ1n) is 8.16. The fraction of sp³-hybridized carbons (Fsp3) is 0.588. The highest BCUT2D eigenvalue weighted by atomic mass is 16.6. The smallest absolute Gasteiger partial charge is 0.338 e. The van der Waals surface area contributed by atoms with E-state index in [0.717, 1.165) is 38.8 Å². The molecule has 0 bridgehead atoms. The van der Waals surface area contributed by atoms with E-state index in [1.165, 1.54) is 30.7 Å². The summed E-state index contributed by atoms with van der Waals surface area (Å²) in [7, 11) is 2.11. The molecule has 6 nitrogen and oxygen atoms in total. The number of nitrogens with zero attached hydrogens (tertiary/aromatic N) is 2. The van der Waals surface area contributed by atoms with E-state index in [9.17, 15) is 14.9 Å². The van der Waals surface area contributed by atoms with E-state index >= 15 is 0 Å². The molecular formula is C17H22N2O4. The van der Waals surface area contributed by atoms with E-state index < -0.39 is 4.92 Å². The Morgan fingerprint density at radius 2 is 2.04 bits per heavy atom. The van der Waals surface area contributed by atoms with E-state index in [1.807, 2.05) is 0 Å². The van der Waals surface area contributed by atoms with Gasteiger partial charge in [0.2, 0.25) is 0 Å². The molecule has 23 heavy (non-hydrogen) atoms. The number of nitro groups is 1. The van der Waals surface area contributed by atoms with Crippen LogP contribution in [-0.4, -0.2) is 41.5 Å². The van der Waals surface area contributed by atoms with Gasteiger partial charge < -0.3 is 9.64 Å². The predicted octanol–water partition coefficient (Wildman–Crippen LogP) is 3.02. The summed E-state index contributed by atoms with van der Waals surface area (Å²) >= 11 is 0. The number of esters is 1. The SMILES string of the molecule is CN1CC[C@@]2(OC(=O)c3ccc([N+](=O)[O-])cc3)CCCC[C@@H]2C1. The molecule has 2 atom stereocenters. The Morgan fingerprint density at radius 1 is 1.30 bits per heavy atom. The van der Waals surface area contributed by atoms with Gasteiger partial charge in [-0.2, -0.15) is 0 Å². The van der Waals surface area contributed by atoms with Crippen molar-refractivity contribution >= 4 is 11.7 Å². The minimum absolute atomic E-state index is 0.0189. The molecule has 1 saturated heterocycles. The van der Waals surface area contributed by atoms with Crippen LogP contribution in [0.25, 0.3) is 0 Å². The van der Waals surface area contributed by atoms with Crippen LogP contribution in [0.4, 0.5) is 5.69 Å². The van der Waals surface area contributed by atoms with Gasteiger partial charge in [0, 0.05) is 37.6 Å². The molecule has 0 spiro atoms. The van der Waals surface area contributed by atoms with Crippen molar-refractivity contribution in [1.82, 2.24) is 4.90 Å². The van der Waals surface area contributed by atoms with Crippen molar-refractivity contribution in [3.8, 4) is 0 Å². The number of fused-ring (bicyclic) bond motifs is 1. The molecule has 1 saturated carbocycles. The van der Waals surface area contributed by atoms with Crippen LogP contribution < -0.4 is 0 Å². The van der Waals surface area contributed by atoms with Crippen LogP contribution in [0, 0.1) is 16.0 Å². The Kier molecular flexibility index (Phi) is 4.35. The van der Waals surface area contributed by atoms with Gasteiger partial charge in [-0.25, -0.2) is 4.79 Å². The molecule has 2 fully saturated rings. The summed E-state index contributed by atoms with van der Waals surface area (Å²) in [4.78, 5) is 25.1. The summed E-state index contributed by atoms with van der Waals surface area (Å²) < 4.78 is 5.98. The molecule has 1 aromatic carbocycles. The zero-order chi connectivity index (χ0) is 16.4. The van der Waals surface area contributed by atoms with Crippen LogP contribution in [0.3, 0.4) is 0 Å². The molecule has 0 radical (unpaired) electrons.